The average Bonchev–Trinajstić information content (AvgIpc) is 2.73. The van der Waals surface area contributed by atoms with Crippen LogP contribution in [0.5, 0.6) is 11.5 Å². The van der Waals surface area contributed by atoms with E-state index in [-0.39, 0.29) is 35.7 Å². The molecule has 0 atom stereocenters. The van der Waals surface area contributed by atoms with Crippen molar-refractivity contribution in [2.45, 2.75) is 18.9 Å². The number of hydrogen-bond acceptors (Lipinski definition) is 6. The van der Waals surface area contributed by atoms with Crippen molar-refractivity contribution in [2.75, 3.05) is 26.8 Å². The number of H-pyrrole nitrogens is 1. The molecule has 3 rings (SSSR count). The summed E-state index contributed by atoms with van der Waals surface area (Å²) in [6, 6.07) is 9.78. The van der Waals surface area contributed by atoms with Crippen LogP contribution in [-0.4, -0.2) is 59.8 Å². The lowest BCUT2D eigenvalue weighted by molar-refractivity contribution is -0.124. The fourth-order valence-corrected chi connectivity index (χ4v) is 3.00. The Labute approximate surface area is 161 Å². The summed E-state index contributed by atoms with van der Waals surface area (Å²) in [5, 5.41) is 8.95. The number of benzene rings is 1. The number of piperidine rings is 1. The summed E-state index contributed by atoms with van der Waals surface area (Å²) in [6.45, 7) is 0.886. The van der Waals surface area contributed by atoms with E-state index in [9.17, 15) is 14.4 Å². The minimum atomic E-state index is -0.353. The molecule has 0 saturated carbocycles. The van der Waals surface area contributed by atoms with Crippen molar-refractivity contribution in [1.29, 1.82) is 0 Å². The fraction of sp³-hybridized carbons (Fsp3) is 0.368. The van der Waals surface area contributed by atoms with Gasteiger partial charge in [-0.2, -0.15) is 5.10 Å². The topological polar surface area (TPSA) is 114 Å². The molecular weight excluding hydrogens is 364 g/mol. The molecule has 0 aliphatic carbocycles. The van der Waals surface area contributed by atoms with Crippen molar-refractivity contribution >= 4 is 11.8 Å². The van der Waals surface area contributed by atoms with E-state index < -0.39 is 0 Å². The van der Waals surface area contributed by atoms with Crippen molar-refractivity contribution in [3.05, 3.63) is 52.4 Å². The van der Waals surface area contributed by atoms with E-state index in [1.54, 1.807) is 30.2 Å². The van der Waals surface area contributed by atoms with Gasteiger partial charge in [-0.05, 0) is 31.0 Å². The number of aromatic amines is 1. The van der Waals surface area contributed by atoms with Gasteiger partial charge in [-0.25, -0.2) is 5.10 Å². The lowest BCUT2D eigenvalue weighted by Crippen LogP contribution is -2.47. The van der Waals surface area contributed by atoms with Gasteiger partial charge in [0.25, 0.3) is 17.4 Å². The molecule has 2 N–H and O–H groups in total. The van der Waals surface area contributed by atoms with Gasteiger partial charge in [0.1, 0.15) is 5.69 Å². The molecule has 9 nitrogen and oxygen atoms in total. The molecule has 1 aliphatic rings. The molecule has 1 aromatic carbocycles. The Bertz CT molecular complexity index is 869. The Balaban J connectivity index is 1.44. The van der Waals surface area contributed by atoms with Crippen LogP contribution in [0, 0.1) is 0 Å². The molecule has 0 radical (unpaired) electrons. The number of nitrogens with zero attached hydrogens (tertiary/aromatic N) is 2. The van der Waals surface area contributed by atoms with Crippen LogP contribution in [-0.2, 0) is 4.79 Å². The van der Waals surface area contributed by atoms with Gasteiger partial charge in [-0.15, -0.1) is 0 Å². The molecule has 0 bridgehead atoms. The van der Waals surface area contributed by atoms with Gasteiger partial charge in [0.15, 0.2) is 18.1 Å². The molecule has 1 aromatic heterocycles. The standard InChI is InChI=1S/C19H22N4O5/c1-27-15-4-2-3-5-16(15)28-12-18(25)20-13-8-10-23(11-9-13)19(26)14-6-7-17(24)22-21-14/h2-7,13H,8-12H2,1H3,(H,20,25)(H,22,24). The number of methoxy groups -OCH3 is 1. The van der Waals surface area contributed by atoms with Gasteiger partial charge < -0.3 is 19.7 Å². The van der Waals surface area contributed by atoms with Gasteiger partial charge in [0, 0.05) is 25.2 Å². The second kappa shape index (κ2) is 9.03. The van der Waals surface area contributed by atoms with Crippen LogP contribution in [0.3, 0.4) is 0 Å². The summed E-state index contributed by atoms with van der Waals surface area (Å²) in [6.07, 6.45) is 1.27. The average molecular weight is 386 g/mol. The summed E-state index contributed by atoms with van der Waals surface area (Å²) < 4.78 is 10.7. The van der Waals surface area contributed by atoms with Crippen LogP contribution in [0.1, 0.15) is 23.3 Å². The zero-order valence-corrected chi connectivity index (χ0v) is 15.5. The summed E-state index contributed by atoms with van der Waals surface area (Å²) in [5.41, 5.74) is -0.152. The van der Waals surface area contributed by atoms with E-state index >= 15 is 0 Å². The molecular formula is C19H22N4O5. The predicted octanol–water partition coefficient (Wildman–Crippen LogP) is 0.578. The summed E-state index contributed by atoms with van der Waals surface area (Å²) in [4.78, 5) is 37.2. The van der Waals surface area contributed by atoms with Crippen molar-refractivity contribution in [2.24, 2.45) is 0 Å². The third-order valence-electron chi connectivity index (χ3n) is 4.47. The van der Waals surface area contributed by atoms with Crippen molar-refractivity contribution in [1.82, 2.24) is 20.4 Å². The minimum Gasteiger partial charge on any atom is -0.493 e. The number of hydrogen-bond donors (Lipinski definition) is 2. The number of para-hydroxylation sites is 2. The highest BCUT2D eigenvalue weighted by atomic mass is 16.5. The molecule has 0 spiro atoms. The normalized spacial score (nSPS) is 14.4. The maximum atomic E-state index is 12.4. The van der Waals surface area contributed by atoms with Crippen molar-refractivity contribution < 1.29 is 19.1 Å². The van der Waals surface area contributed by atoms with Crippen LogP contribution in [0.15, 0.2) is 41.2 Å². The zero-order valence-electron chi connectivity index (χ0n) is 15.5. The highest BCUT2D eigenvalue weighted by Gasteiger charge is 2.25. The van der Waals surface area contributed by atoms with Crippen molar-refractivity contribution in [3.63, 3.8) is 0 Å². The van der Waals surface area contributed by atoms with Gasteiger partial charge in [-0.3, -0.25) is 14.4 Å². The second-order valence-electron chi connectivity index (χ2n) is 6.38. The van der Waals surface area contributed by atoms with Crippen LogP contribution >= 0.6 is 0 Å². The SMILES string of the molecule is COc1ccccc1OCC(=O)NC1CCN(C(=O)c2ccc(=O)[nH]n2)CC1. The molecule has 2 heterocycles. The van der Waals surface area contributed by atoms with Crippen LogP contribution < -0.4 is 20.3 Å². The smallest absolute Gasteiger partial charge is 0.274 e. The molecule has 0 unspecified atom stereocenters. The first-order chi connectivity index (χ1) is 13.6. The molecule has 2 amide bonds. The second-order valence-corrected chi connectivity index (χ2v) is 6.38. The van der Waals surface area contributed by atoms with E-state index in [4.69, 9.17) is 9.47 Å². The number of aromatic nitrogens is 2. The van der Waals surface area contributed by atoms with E-state index in [1.165, 1.54) is 12.1 Å². The lowest BCUT2D eigenvalue weighted by atomic mass is 10.0. The predicted molar refractivity (Wildman–Crippen MR) is 100 cm³/mol. The first-order valence-electron chi connectivity index (χ1n) is 8.97. The van der Waals surface area contributed by atoms with Crippen LogP contribution in [0.25, 0.3) is 0 Å². The Kier molecular flexibility index (Phi) is 6.25. The maximum absolute atomic E-state index is 12.4. The molecule has 1 saturated heterocycles. The summed E-state index contributed by atoms with van der Waals surface area (Å²) >= 11 is 0. The molecule has 148 valence electrons. The Morgan fingerprint density at radius 1 is 1.18 bits per heavy atom. The largest absolute Gasteiger partial charge is 0.493 e. The Morgan fingerprint density at radius 3 is 2.54 bits per heavy atom. The number of nitrogens with one attached hydrogen (secondary N) is 2. The molecule has 1 aliphatic heterocycles. The fourth-order valence-electron chi connectivity index (χ4n) is 3.00. The van der Waals surface area contributed by atoms with E-state index in [0.29, 0.717) is 37.4 Å². The van der Waals surface area contributed by atoms with Crippen LogP contribution in [0.2, 0.25) is 0 Å². The lowest BCUT2D eigenvalue weighted by Gasteiger charge is -2.32. The number of carbonyl (C=O) groups excluding carboxylic acids is 2. The Morgan fingerprint density at radius 2 is 1.89 bits per heavy atom. The van der Waals surface area contributed by atoms with E-state index in [2.05, 4.69) is 15.5 Å². The summed E-state index contributed by atoms with van der Waals surface area (Å²) in [5.74, 6) is 0.616. The molecule has 9 heteroatoms. The molecule has 2 aromatic rings. The highest BCUT2D eigenvalue weighted by molar-refractivity contribution is 5.92. The van der Waals surface area contributed by atoms with Gasteiger partial charge in [0.2, 0.25) is 0 Å². The number of ether oxygens (including phenoxy) is 2. The third kappa shape index (κ3) is 4.87. The highest BCUT2D eigenvalue weighted by Crippen LogP contribution is 2.25. The Hall–Kier alpha value is -3.36. The van der Waals surface area contributed by atoms with Gasteiger partial charge >= 0.3 is 0 Å². The zero-order chi connectivity index (χ0) is 19.9. The van der Waals surface area contributed by atoms with Gasteiger partial charge in [0.05, 0.1) is 7.11 Å². The number of rotatable bonds is 6. The van der Waals surface area contributed by atoms with Crippen molar-refractivity contribution in [3.8, 4) is 11.5 Å². The number of amides is 2. The van der Waals surface area contributed by atoms with E-state index in [0.717, 1.165) is 0 Å². The number of likely N-dealkylation sites (tertiary alicyclic amines) is 1. The molecule has 28 heavy (non-hydrogen) atoms. The minimum absolute atomic E-state index is 0.0265. The quantitative estimate of drug-likeness (QED) is 0.751. The first-order valence-corrected chi connectivity index (χ1v) is 8.97. The van der Waals surface area contributed by atoms with E-state index in [1.807, 2.05) is 6.07 Å². The monoisotopic (exact) mass is 386 g/mol. The first kappa shape index (κ1) is 19.4. The third-order valence-corrected chi connectivity index (χ3v) is 4.47. The summed E-state index contributed by atoms with van der Waals surface area (Å²) in [7, 11) is 1.54. The van der Waals surface area contributed by atoms with Gasteiger partial charge in [-0.1, -0.05) is 12.1 Å². The molecule has 1 fully saturated rings. The maximum Gasteiger partial charge on any atom is 0.274 e. The van der Waals surface area contributed by atoms with Crippen LogP contribution in [0.4, 0.5) is 0 Å². The number of carbonyl (C=O) groups is 2.